The van der Waals surface area contributed by atoms with E-state index in [1.807, 2.05) is 11.4 Å². The molecule has 3 nitrogen and oxygen atoms in total. The molecule has 1 amide bonds. The van der Waals surface area contributed by atoms with Crippen molar-refractivity contribution in [1.29, 1.82) is 0 Å². The van der Waals surface area contributed by atoms with Crippen molar-refractivity contribution >= 4 is 23.0 Å². The third-order valence-electron chi connectivity index (χ3n) is 4.26. The maximum atomic E-state index is 12.0. The molecule has 102 valence electrons. The van der Waals surface area contributed by atoms with E-state index in [1.54, 1.807) is 11.3 Å². The van der Waals surface area contributed by atoms with Crippen molar-refractivity contribution in [3.8, 4) is 0 Å². The van der Waals surface area contributed by atoms with Gasteiger partial charge in [-0.15, -0.1) is 11.3 Å². The van der Waals surface area contributed by atoms with Gasteiger partial charge in [-0.2, -0.15) is 5.10 Å². The first-order valence-corrected chi connectivity index (χ1v) is 7.96. The summed E-state index contributed by atoms with van der Waals surface area (Å²) >= 11 is 1.65. The Hall–Kier alpha value is -1.16. The van der Waals surface area contributed by atoms with Crippen LogP contribution in [0.2, 0.25) is 0 Å². The number of amides is 1. The van der Waals surface area contributed by atoms with Crippen molar-refractivity contribution < 1.29 is 4.79 Å². The summed E-state index contributed by atoms with van der Waals surface area (Å²) in [4.78, 5) is 13.3. The third kappa shape index (κ3) is 2.59. The van der Waals surface area contributed by atoms with Gasteiger partial charge in [0, 0.05) is 16.0 Å². The maximum Gasteiger partial charge on any atom is 0.272 e. The molecule has 2 atom stereocenters. The minimum absolute atomic E-state index is 0.0709. The lowest BCUT2D eigenvalue weighted by atomic mass is 9.99. The summed E-state index contributed by atoms with van der Waals surface area (Å²) in [5.74, 6) is 1.87. The summed E-state index contributed by atoms with van der Waals surface area (Å²) in [5.41, 5.74) is 4.68. The van der Waals surface area contributed by atoms with Gasteiger partial charge in [-0.25, -0.2) is 5.43 Å². The highest BCUT2D eigenvalue weighted by atomic mass is 32.1. The monoisotopic (exact) mass is 276 g/mol. The first-order valence-electron chi connectivity index (χ1n) is 7.08. The zero-order valence-electron chi connectivity index (χ0n) is 11.5. The second kappa shape index (κ2) is 5.08. The van der Waals surface area contributed by atoms with E-state index in [9.17, 15) is 4.79 Å². The average Bonchev–Trinajstić information content (AvgIpc) is 3.10. The van der Waals surface area contributed by atoms with Crippen LogP contribution in [-0.2, 0) is 0 Å². The van der Waals surface area contributed by atoms with Crippen molar-refractivity contribution in [3.05, 3.63) is 21.9 Å². The highest BCUT2D eigenvalue weighted by molar-refractivity contribution is 7.10. The summed E-state index contributed by atoms with van der Waals surface area (Å²) in [7, 11) is 0. The number of carbonyl (C=O) groups excluding carboxylic acids is 1. The van der Waals surface area contributed by atoms with Gasteiger partial charge in [0.05, 0.1) is 5.56 Å². The molecular formula is C15H20N2OS. The van der Waals surface area contributed by atoms with Gasteiger partial charge in [0.1, 0.15) is 0 Å². The topological polar surface area (TPSA) is 41.5 Å². The summed E-state index contributed by atoms with van der Waals surface area (Å²) in [5, 5.41) is 6.28. The molecule has 2 saturated carbocycles. The molecule has 2 bridgehead atoms. The summed E-state index contributed by atoms with van der Waals surface area (Å²) in [6, 6.07) is 1.98. The van der Waals surface area contributed by atoms with Crippen molar-refractivity contribution in [1.82, 2.24) is 5.43 Å². The van der Waals surface area contributed by atoms with E-state index in [1.165, 1.54) is 29.9 Å². The highest BCUT2D eigenvalue weighted by Crippen LogP contribution is 2.42. The van der Waals surface area contributed by atoms with Crippen LogP contribution < -0.4 is 5.43 Å². The standard InChI is InChI=1S/C15H20N2OS/c1-9(2)14-7-12(8-19-14)15(18)17-16-13-6-10-3-4-11(13)5-10/h7-11H,3-6H2,1-2H3,(H,17,18)/b16-13-/t10-,11+/m0/s1. The number of fused-ring (bicyclic) bond motifs is 2. The molecule has 3 rings (SSSR count). The van der Waals surface area contributed by atoms with Gasteiger partial charge in [-0.3, -0.25) is 4.79 Å². The first-order chi connectivity index (χ1) is 9.13. The van der Waals surface area contributed by atoms with E-state index in [-0.39, 0.29) is 5.91 Å². The predicted octanol–water partition coefficient (Wildman–Crippen LogP) is 3.78. The number of nitrogens with one attached hydrogen (secondary N) is 1. The van der Waals surface area contributed by atoms with Crippen LogP contribution in [0.4, 0.5) is 0 Å². The molecule has 2 aliphatic carbocycles. The van der Waals surface area contributed by atoms with Crippen LogP contribution in [0, 0.1) is 11.8 Å². The lowest BCUT2D eigenvalue weighted by molar-refractivity contribution is 0.0955. The van der Waals surface area contributed by atoms with E-state index in [0.717, 1.165) is 17.9 Å². The van der Waals surface area contributed by atoms with Crippen LogP contribution in [0.1, 0.15) is 60.7 Å². The smallest absolute Gasteiger partial charge is 0.267 e. The summed E-state index contributed by atoms with van der Waals surface area (Å²) in [6.45, 7) is 4.28. The number of hydrazone groups is 1. The van der Waals surface area contributed by atoms with Gasteiger partial charge in [0.25, 0.3) is 5.91 Å². The van der Waals surface area contributed by atoms with E-state index >= 15 is 0 Å². The molecule has 2 fully saturated rings. The molecule has 0 aliphatic heterocycles. The number of hydrogen-bond donors (Lipinski definition) is 1. The molecule has 1 heterocycles. The third-order valence-corrected chi connectivity index (χ3v) is 5.50. The normalized spacial score (nSPS) is 27.4. The second-order valence-corrected chi connectivity index (χ2v) is 6.96. The fourth-order valence-corrected chi connectivity index (χ4v) is 4.03. The van der Waals surface area contributed by atoms with Crippen LogP contribution in [0.3, 0.4) is 0 Å². The second-order valence-electron chi connectivity index (χ2n) is 6.02. The van der Waals surface area contributed by atoms with E-state index < -0.39 is 0 Å². The molecule has 1 aromatic rings. The van der Waals surface area contributed by atoms with E-state index in [4.69, 9.17) is 0 Å². The number of hydrogen-bond acceptors (Lipinski definition) is 3. The summed E-state index contributed by atoms with van der Waals surface area (Å²) < 4.78 is 0. The van der Waals surface area contributed by atoms with Crippen LogP contribution >= 0.6 is 11.3 Å². The van der Waals surface area contributed by atoms with Crippen molar-refractivity contribution in [2.45, 2.75) is 45.4 Å². The molecule has 0 aromatic carbocycles. The van der Waals surface area contributed by atoms with Crippen molar-refractivity contribution in [3.63, 3.8) is 0 Å². The number of carbonyl (C=O) groups is 1. The average molecular weight is 276 g/mol. The van der Waals surface area contributed by atoms with E-state index in [2.05, 4.69) is 24.4 Å². The Bertz CT molecular complexity index is 518. The van der Waals surface area contributed by atoms with Crippen LogP contribution in [-0.4, -0.2) is 11.6 Å². The van der Waals surface area contributed by atoms with Gasteiger partial charge in [0.2, 0.25) is 0 Å². The van der Waals surface area contributed by atoms with Crippen molar-refractivity contribution in [2.75, 3.05) is 0 Å². The van der Waals surface area contributed by atoms with Gasteiger partial charge in [0.15, 0.2) is 0 Å². The molecule has 0 radical (unpaired) electrons. The number of thiophene rings is 1. The van der Waals surface area contributed by atoms with Gasteiger partial charge in [-0.05, 0) is 49.5 Å². The van der Waals surface area contributed by atoms with Gasteiger partial charge in [-0.1, -0.05) is 13.8 Å². The van der Waals surface area contributed by atoms with E-state index in [0.29, 0.717) is 11.8 Å². The molecule has 0 saturated heterocycles. The Morgan fingerprint density at radius 3 is 2.89 bits per heavy atom. The molecule has 19 heavy (non-hydrogen) atoms. The van der Waals surface area contributed by atoms with Crippen LogP contribution in [0.25, 0.3) is 0 Å². The maximum absolute atomic E-state index is 12.0. The molecule has 1 aromatic heterocycles. The zero-order chi connectivity index (χ0) is 13.4. The molecular weight excluding hydrogens is 256 g/mol. The zero-order valence-corrected chi connectivity index (χ0v) is 12.3. The molecule has 2 aliphatic rings. The van der Waals surface area contributed by atoms with Crippen molar-refractivity contribution in [2.24, 2.45) is 16.9 Å². The summed E-state index contributed by atoms with van der Waals surface area (Å²) in [6.07, 6.45) is 4.98. The lowest BCUT2D eigenvalue weighted by Gasteiger charge is -2.11. The number of rotatable bonds is 3. The number of nitrogens with zero attached hydrogens (tertiary/aromatic N) is 1. The van der Waals surface area contributed by atoms with Crippen LogP contribution in [0.5, 0.6) is 0 Å². The fourth-order valence-electron chi connectivity index (χ4n) is 3.12. The molecule has 0 spiro atoms. The molecule has 4 heteroatoms. The Kier molecular flexibility index (Phi) is 3.44. The first kappa shape index (κ1) is 12.9. The minimum atomic E-state index is -0.0709. The molecule has 1 N–H and O–H groups in total. The quantitative estimate of drug-likeness (QED) is 0.839. The Morgan fingerprint density at radius 1 is 1.47 bits per heavy atom. The SMILES string of the molecule is CC(C)c1cc(C(=O)N/N=C2/C[C@H]3CC[C@@H]2C3)cs1. The predicted molar refractivity (Wildman–Crippen MR) is 78.8 cm³/mol. The molecule has 0 unspecified atom stereocenters. The Labute approximate surface area is 118 Å². The largest absolute Gasteiger partial charge is 0.272 e. The minimum Gasteiger partial charge on any atom is -0.267 e. The van der Waals surface area contributed by atoms with Gasteiger partial charge < -0.3 is 0 Å². The van der Waals surface area contributed by atoms with Crippen LogP contribution in [0.15, 0.2) is 16.5 Å². The highest BCUT2D eigenvalue weighted by Gasteiger charge is 2.36. The van der Waals surface area contributed by atoms with Gasteiger partial charge >= 0.3 is 0 Å². The fraction of sp³-hybridized carbons (Fsp3) is 0.600. The Balaban J connectivity index is 1.63. The Morgan fingerprint density at radius 2 is 2.32 bits per heavy atom. The lowest BCUT2D eigenvalue weighted by Crippen LogP contribution is -2.21.